The van der Waals surface area contributed by atoms with Crippen LogP contribution in [0, 0.1) is 0 Å². The van der Waals surface area contributed by atoms with E-state index in [4.69, 9.17) is 5.11 Å². The van der Waals surface area contributed by atoms with Crippen LogP contribution in [0.2, 0.25) is 0 Å². The lowest BCUT2D eigenvalue weighted by atomic mass is 9.97. The fourth-order valence-electron chi connectivity index (χ4n) is 1.60. The first kappa shape index (κ1) is 17.1. The number of alkyl halides is 6. The maximum absolute atomic E-state index is 12.8. The molecule has 1 unspecified atom stereocenters. The van der Waals surface area contributed by atoms with Crippen LogP contribution in [0.4, 0.5) is 26.3 Å². The minimum Gasteiger partial charge on any atom is -0.496 e. The molecule has 10 heteroatoms. The fraction of sp³-hybridized carbons (Fsp3) is 0.364. The highest BCUT2D eigenvalue weighted by molar-refractivity contribution is 5.76. The molecule has 1 atom stereocenters. The number of aliphatic carboxylic acids is 1. The minimum atomic E-state index is -5.31. The van der Waals surface area contributed by atoms with Crippen molar-refractivity contribution in [1.29, 1.82) is 0 Å². The largest absolute Gasteiger partial charge is 0.496 e. The van der Waals surface area contributed by atoms with Gasteiger partial charge in [0.25, 0.3) is 0 Å². The first-order chi connectivity index (χ1) is 9.39. The summed E-state index contributed by atoms with van der Waals surface area (Å²) in [5.41, 5.74) is -4.89. The summed E-state index contributed by atoms with van der Waals surface area (Å²) in [5.74, 6) is -3.08. The molecular formula is C11H8F6O4. The van der Waals surface area contributed by atoms with Crippen molar-refractivity contribution in [1.82, 2.24) is 0 Å². The molecule has 0 spiro atoms. The van der Waals surface area contributed by atoms with Crippen LogP contribution >= 0.6 is 0 Å². The maximum atomic E-state index is 12.8. The number of rotatable bonds is 3. The van der Waals surface area contributed by atoms with Gasteiger partial charge in [0.1, 0.15) is 5.75 Å². The van der Waals surface area contributed by atoms with Crippen LogP contribution in [0.1, 0.15) is 22.8 Å². The molecule has 118 valence electrons. The number of carboxylic acid groups (broad SMARTS) is 1. The van der Waals surface area contributed by atoms with E-state index in [1.54, 1.807) is 0 Å². The summed E-state index contributed by atoms with van der Waals surface area (Å²) >= 11 is 0. The number of halogens is 6. The lowest BCUT2D eigenvalue weighted by molar-refractivity contribution is -0.150. The molecule has 0 fully saturated rings. The third-order valence-corrected chi connectivity index (χ3v) is 2.50. The van der Waals surface area contributed by atoms with Gasteiger partial charge >= 0.3 is 18.3 Å². The standard InChI is InChI=1S/C11H8F6O4/c1-21-6-3-4(10(12,13)14)2-5(11(15,16)17)7(6)8(18)9(19)20/h2-3,8,18H,1H3,(H,19,20). The first-order valence-corrected chi connectivity index (χ1v) is 5.16. The number of hydrogen-bond acceptors (Lipinski definition) is 3. The van der Waals surface area contributed by atoms with Gasteiger partial charge in [-0.2, -0.15) is 26.3 Å². The molecule has 1 aromatic carbocycles. The molecule has 0 aliphatic carbocycles. The second kappa shape index (κ2) is 5.43. The Morgan fingerprint density at radius 1 is 1.14 bits per heavy atom. The number of benzene rings is 1. The second-order valence-electron chi connectivity index (χ2n) is 3.88. The quantitative estimate of drug-likeness (QED) is 0.841. The molecule has 0 saturated carbocycles. The molecule has 0 heterocycles. The van der Waals surface area contributed by atoms with Gasteiger partial charge < -0.3 is 14.9 Å². The van der Waals surface area contributed by atoms with E-state index in [1.807, 2.05) is 0 Å². The van der Waals surface area contributed by atoms with E-state index in [0.717, 1.165) is 7.11 Å². The molecule has 4 nitrogen and oxygen atoms in total. The molecule has 0 amide bonds. The van der Waals surface area contributed by atoms with Crippen LogP contribution in [-0.2, 0) is 17.1 Å². The number of carbonyl (C=O) groups is 1. The van der Waals surface area contributed by atoms with E-state index in [1.165, 1.54) is 0 Å². The lowest BCUT2D eigenvalue weighted by Crippen LogP contribution is -2.20. The van der Waals surface area contributed by atoms with Gasteiger partial charge in [0.15, 0.2) is 6.10 Å². The molecule has 0 bridgehead atoms. The SMILES string of the molecule is COc1cc(C(F)(F)F)cc(C(F)(F)F)c1C(O)C(=O)O. The number of ether oxygens (including phenoxy) is 1. The summed E-state index contributed by atoms with van der Waals surface area (Å²) in [5, 5.41) is 17.9. The Morgan fingerprint density at radius 2 is 1.67 bits per heavy atom. The van der Waals surface area contributed by atoms with E-state index in [-0.39, 0.29) is 12.1 Å². The Balaban J connectivity index is 3.73. The Labute approximate surface area is 113 Å². The predicted octanol–water partition coefficient (Wildman–Crippen LogP) is 2.85. The number of aliphatic hydroxyl groups is 1. The molecule has 21 heavy (non-hydrogen) atoms. The summed E-state index contributed by atoms with van der Waals surface area (Å²) in [4.78, 5) is 10.6. The summed E-state index contributed by atoms with van der Waals surface area (Å²) in [6, 6.07) is -0.0826. The Kier molecular flexibility index (Phi) is 4.42. The van der Waals surface area contributed by atoms with Crippen molar-refractivity contribution in [3.63, 3.8) is 0 Å². The smallest absolute Gasteiger partial charge is 0.416 e. The normalized spacial score (nSPS) is 13.9. The van der Waals surface area contributed by atoms with Crippen molar-refractivity contribution in [3.05, 3.63) is 28.8 Å². The molecular weight excluding hydrogens is 310 g/mol. The van der Waals surface area contributed by atoms with Crippen LogP contribution in [-0.4, -0.2) is 23.3 Å². The van der Waals surface area contributed by atoms with Crippen LogP contribution in [0.15, 0.2) is 12.1 Å². The molecule has 0 aromatic heterocycles. The molecule has 0 saturated heterocycles. The van der Waals surface area contributed by atoms with Gasteiger partial charge in [-0.15, -0.1) is 0 Å². The van der Waals surface area contributed by atoms with Gasteiger partial charge in [0, 0.05) is 5.56 Å². The van der Waals surface area contributed by atoms with Gasteiger partial charge in [-0.25, -0.2) is 4.79 Å². The molecule has 0 aliphatic heterocycles. The second-order valence-corrected chi connectivity index (χ2v) is 3.88. The van der Waals surface area contributed by atoms with Crippen molar-refractivity contribution in [2.45, 2.75) is 18.5 Å². The Bertz CT molecular complexity index is 549. The van der Waals surface area contributed by atoms with Crippen molar-refractivity contribution in [2.75, 3.05) is 7.11 Å². The molecule has 1 aromatic rings. The average molecular weight is 318 g/mol. The average Bonchev–Trinajstić information content (AvgIpc) is 2.33. The summed E-state index contributed by atoms with van der Waals surface area (Å²) < 4.78 is 80.5. The predicted molar refractivity (Wildman–Crippen MR) is 55.6 cm³/mol. The third kappa shape index (κ3) is 3.57. The van der Waals surface area contributed by atoms with Crippen molar-refractivity contribution in [3.8, 4) is 5.75 Å². The third-order valence-electron chi connectivity index (χ3n) is 2.50. The summed E-state index contributed by atoms with van der Waals surface area (Å²) in [6.07, 6.45) is -13.1. The minimum absolute atomic E-state index is 0.191. The maximum Gasteiger partial charge on any atom is 0.416 e. The van der Waals surface area contributed by atoms with Crippen LogP contribution in [0.3, 0.4) is 0 Å². The lowest BCUT2D eigenvalue weighted by Gasteiger charge is -2.20. The van der Waals surface area contributed by atoms with E-state index >= 15 is 0 Å². The first-order valence-electron chi connectivity index (χ1n) is 5.16. The van der Waals surface area contributed by atoms with Crippen LogP contribution < -0.4 is 4.74 Å². The van der Waals surface area contributed by atoms with Crippen molar-refractivity contribution < 1.29 is 46.1 Å². The van der Waals surface area contributed by atoms with Gasteiger partial charge in [-0.3, -0.25) is 0 Å². The van der Waals surface area contributed by atoms with Crippen LogP contribution in [0.5, 0.6) is 5.75 Å². The monoisotopic (exact) mass is 318 g/mol. The number of methoxy groups -OCH3 is 1. The zero-order valence-electron chi connectivity index (χ0n) is 10.2. The molecule has 0 radical (unpaired) electrons. The summed E-state index contributed by atoms with van der Waals surface area (Å²) in [6.45, 7) is 0. The van der Waals surface area contributed by atoms with Crippen molar-refractivity contribution in [2.24, 2.45) is 0 Å². The highest BCUT2D eigenvalue weighted by atomic mass is 19.4. The molecule has 2 N–H and O–H groups in total. The summed E-state index contributed by atoms with van der Waals surface area (Å²) in [7, 11) is 0.758. The number of carboxylic acids is 1. The van der Waals surface area contributed by atoms with E-state index in [9.17, 15) is 36.2 Å². The fourth-order valence-corrected chi connectivity index (χ4v) is 1.60. The van der Waals surface area contributed by atoms with E-state index in [2.05, 4.69) is 4.74 Å². The van der Waals surface area contributed by atoms with Crippen LogP contribution in [0.25, 0.3) is 0 Å². The highest BCUT2D eigenvalue weighted by Crippen LogP contribution is 2.43. The zero-order chi connectivity index (χ0) is 16.6. The van der Waals surface area contributed by atoms with Crippen molar-refractivity contribution >= 4 is 5.97 Å². The highest BCUT2D eigenvalue weighted by Gasteiger charge is 2.42. The number of aliphatic hydroxyl groups excluding tert-OH is 1. The Hall–Kier alpha value is -1.97. The van der Waals surface area contributed by atoms with Gasteiger partial charge in [0.2, 0.25) is 0 Å². The van der Waals surface area contributed by atoms with E-state index < -0.39 is 46.9 Å². The molecule has 1 rings (SSSR count). The molecule has 0 aliphatic rings. The van der Waals surface area contributed by atoms with E-state index in [0.29, 0.717) is 0 Å². The topological polar surface area (TPSA) is 66.8 Å². The Morgan fingerprint density at radius 3 is 2.00 bits per heavy atom. The number of hydrogen-bond donors (Lipinski definition) is 2. The zero-order valence-corrected chi connectivity index (χ0v) is 10.2. The van der Waals surface area contributed by atoms with Gasteiger partial charge in [-0.05, 0) is 12.1 Å². The van der Waals surface area contributed by atoms with Gasteiger partial charge in [0.05, 0.1) is 18.2 Å². The van der Waals surface area contributed by atoms with Gasteiger partial charge in [-0.1, -0.05) is 0 Å².